The Morgan fingerprint density at radius 2 is 1.79 bits per heavy atom. The minimum Gasteiger partial charge on any atom is -0.444 e. The van der Waals surface area contributed by atoms with E-state index in [4.69, 9.17) is 9.56 Å². The summed E-state index contributed by atoms with van der Waals surface area (Å²) in [5, 5.41) is 7.53. The first kappa shape index (κ1) is 13.8. The highest BCUT2D eigenvalue weighted by Gasteiger charge is 2.11. The van der Waals surface area contributed by atoms with Crippen molar-refractivity contribution in [2.24, 2.45) is 5.14 Å². The zero-order valence-corrected chi connectivity index (χ0v) is 11.9. The minimum absolute atomic E-state index is 0.0220. The summed E-state index contributed by atoms with van der Waals surface area (Å²) in [6.07, 6.45) is 0. The number of sulfonamides is 1. The number of furan rings is 1. The van der Waals surface area contributed by atoms with E-state index in [0.717, 1.165) is 0 Å². The van der Waals surface area contributed by atoms with Gasteiger partial charge in [0.25, 0.3) is 5.91 Å². The molecule has 6 nitrogen and oxygen atoms in total. The highest BCUT2D eigenvalue weighted by molar-refractivity contribution is 9.10. The molecule has 8 heteroatoms. The molecule has 19 heavy (non-hydrogen) atoms. The van der Waals surface area contributed by atoms with Crippen LogP contribution in [0.5, 0.6) is 0 Å². The summed E-state index contributed by atoms with van der Waals surface area (Å²) in [7, 11) is -3.73. The number of nitrogens with two attached hydrogens (primary N) is 1. The van der Waals surface area contributed by atoms with E-state index in [1.807, 2.05) is 0 Å². The van der Waals surface area contributed by atoms with Crippen LogP contribution in [-0.4, -0.2) is 14.3 Å². The van der Waals surface area contributed by atoms with Gasteiger partial charge >= 0.3 is 0 Å². The number of hydrogen-bond acceptors (Lipinski definition) is 4. The Hall–Kier alpha value is -1.64. The molecule has 3 N–H and O–H groups in total. The van der Waals surface area contributed by atoms with Gasteiger partial charge in [-0.05, 0) is 52.3 Å². The number of amides is 1. The summed E-state index contributed by atoms with van der Waals surface area (Å²) < 4.78 is 27.7. The Balaban J connectivity index is 2.14. The summed E-state index contributed by atoms with van der Waals surface area (Å²) in [6.45, 7) is 0. The van der Waals surface area contributed by atoms with E-state index in [1.165, 1.54) is 30.3 Å². The fraction of sp³-hybridized carbons (Fsp3) is 0. The van der Waals surface area contributed by atoms with Gasteiger partial charge in [0.15, 0.2) is 10.4 Å². The van der Waals surface area contributed by atoms with Crippen LogP contribution in [0, 0.1) is 0 Å². The highest BCUT2D eigenvalue weighted by Crippen LogP contribution is 2.17. The smallest absolute Gasteiger partial charge is 0.291 e. The van der Waals surface area contributed by atoms with Crippen molar-refractivity contribution in [3.05, 3.63) is 46.8 Å². The van der Waals surface area contributed by atoms with Gasteiger partial charge in [-0.1, -0.05) is 0 Å². The molecular weight excluding hydrogens is 336 g/mol. The summed E-state index contributed by atoms with van der Waals surface area (Å²) >= 11 is 3.09. The Bertz CT molecular complexity index is 707. The maximum atomic E-state index is 11.7. The number of nitrogens with one attached hydrogen (secondary N) is 1. The number of anilines is 1. The topological polar surface area (TPSA) is 102 Å². The van der Waals surface area contributed by atoms with Crippen LogP contribution in [0.3, 0.4) is 0 Å². The third-order valence-corrected chi connectivity index (χ3v) is 3.59. The van der Waals surface area contributed by atoms with Gasteiger partial charge in [0, 0.05) is 5.69 Å². The second kappa shape index (κ2) is 5.16. The van der Waals surface area contributed by atoms with Crippen molar-refractivity contribution < 1.29 is 17.6 Å². The lowest BCUT2D eigenvalue weighted by Crippen LogP contribution is -2.13. The van der Waals surface area contributed by atoms with Crippen LogP contribution in [0.25, 0.3) is 0 Å². The van der Waals surface area contributed by atoms with E-state index in [9.17, 15) is 13.2 Å². The van der Waals surface area contributed by atoms with Crippen molar-refractivity contribution in [1.82, 2.24) is 0 Å². The number of primary sulfonamides is 1. The molecule has 0 radical (unpaired) electrons. The molecule has 2 aromatic rings. The first-order valence-electron chi connectivity index (χ1n) is 5.06. The Kier molecular flexibility index (Phi) is 3.74. The quantitative estimate of drug-likeness (QED) is 0.887. The van der Waals surface area contributed by atoms with Gasteiger partial charge in [0.2, 0.25) is 10.0 Å². The fourth-order valence-electron chi connectivity index (χ4n) is 1.36. The van der Waals surface area contributed by atoms with Crippen molar-refractivity contribution in [3.8, 4) is 0 Å². The number of carbonyl (C=O) groups is 1. The van der Waals surface area contributed by atoms with Crippen LogP contribution in [0.4, 0.5) is 5.69 Å². The first-order chi connectivity index (χ1) is 8.86. The summed E-state index contributed by atoms with van der Waals surface area (Å²) in [5.41, 5.74) is 0.435. The number of rotatable bonds is 3. The summed E-state index contributed by atoms with van der Waals surface area (Å²) in [6, 6.07) is 8.61. The van der Waals surface area contributed by atoms with Crippen molar-refractivity contribution in [1.29, 1.82) is 0 Å². The van der Waals surface area contributed by atoms with Gasteiger partial charge in [-0.15, -0.1) is 0 Å². The normalized spacial score (nSPS) is 11.3. The van der Waals surface area contributed by atoms with Gasteiger partial charge in [-0.2, -0.15) is 0 Å². The molecule has 0 saturated heterocycles. The summed E-state index contributed by atoms with van der Waals surface area (Å²) in [5.74, 6) is -0.295. The van der Waals surface area contributed by atoms with E-state index in [-0.39, 0.29) is 10.7 Å². The molecule has 0 atom stereocenters. The maximum Gasteiger partial charge on any atom is 0.291 e. The van der Waals surface area contributed by atoms with Gasteiger partial charge in [-0.3, -0.25) is 4.79 Å². The SMILES string of the molecule is NS(=O)(=O)c1ccc(NC(=O)c2ccc(Br)o2)cc1. The molecule has 0 aliphatic heterocycles. The Labute approximate surface area is 117 Å². The third kappa shape index (κ3) is 3.43. The predicted molar refractivity (Wildman–Crippen MR) is 72.2 cm³/mol. The van der Waals surface area contributed by atoms with E-state index in [2.05, 4.69) is 21.2 Å². The van der Waals surface area contributed by atoms with Gasteiger partial charge in [0.1, 0.15) is 0 Å². The van der Waals surface area contributed by atoms with E-state index in [0.29, 0.717) is 10.4 Å². The fourth-order valence-corrected chi connectivity index (χ4v) is 2.18. The standard InChI is InChI=1S/C11H9BrN2O4S/c12-10-6-5-9(18-10)11(15)14-7-1-3-8(4-2-7)19(13,16)17/h1-6H,(H,14,15)(H2,13,16,17). The molecule has 100 valence electrons. The van der Waals surface area contributed by atoms with Crippen molar-refractivity contribution in [2.75, 3.05) is 5.32 Å². The summed E-state index contributed by atoms with van der Waals surface area (Å²) in [4.78, 5) is 11.7. The zero-order valence-electron chi connectivity index (χ0n) is 9.46. The molecule has 0 saturated carbocycles. The average Bonchev–Trinajstić information content (AvgIpc) is 2.75. The van der Waals surface area contributed by atoms with E-state index >= 15 is 0 Å². The molecular formula is C11H9BrN2O4S. The van der Waals surface area contributed by atoms with Crippen LogP contribution in [0.1, 0.15) is 10.6 Å². The van der Waals surface area contributed by atoms with Crippen LogP contribution < -0.4 is 10.5 Å². The molecule has 0 aliphatic rings. The molecule has 0 unspecified atom stereocenters. The molecule has 0 aliphatic carbocycles. The maximum absolute atomic E-state index is 11.7. The Morgan fingerprint density at radius 3 is 2.26 bits per heavy atom. The van der Waals surface area contributed by atoms with Crippen LogP contribution >= 0.6 is 15.9 Å². The minimum atomic E-state index is -3.73. The monoisotopic (exact) mass is 344 g/mol. The molecule has 2 rings (SSSR count). The van der Waals surface area contributed by atoms with Gasteiger partial charge in [0.05, 0.1) is 4.90 Å². The van der Waals surface area contributed by atoms with Crippen LogP contribution in [0.2, 0.25) is 0 Å². The zero-order chi connectivity index (χ0) is 14.0. The molecule has 0 bridgehead atoms. The molecule has 1 aromatic heterocycles. The lowest BCUT2D eigenvalue weighted by atomic mass is 10.3. The highest BCUT2D eigenvalue weighted by atomic mass is 79.9. The number of carbonyl (C=O) groups excluding carboxylic acids is 1. The van der Waals surface area contributed by atoms with E-state index in [1.54, 1.807) is 6.07 Å². The first-order valence-corrected chi connectivity index (χ1v) is 7.40. The van der Waals surface area contributed by atoms with Crippen molar-refractivity contribution in [3.63, 3.8) is 0 Å². The molecule has 1 heterocycles. The number of halogens is 1. The number of benzene rings is 1. The average molecular weight is 345 g/mol. The van der Waals surface area contributed by atoms with Crippen molar-refractivity contribution >= 4 is 37.5 Å². The second-order valence-electron chi connectivity index (χ2n) is 3.63. The lowest BCUT2D eigenvalue weighted by Gasteiger charge is -2.04. The van der Waals surface area contributed by atoms with Crippen LogP contribution in [0.15, 0.2) is 50.4 Å². The molecule has 0 spiro atoms. The third-order valence-electron chi connectivity index (χ3n) is 2.24. The lowest BCUT2D eigenvalue weighted by molar-refractivity contribution is 0.0995. The predicted octanol–water partition coefficient (Wildman–Crippen LogP) is 1.94. The van der Waals surface area contributed by atoms with Gasteiger partial charge in [-0.25, -0.2) is 13.6 Å². The van der Waals surface area contributed by atoms with Crippen LogP contribution in [-0.2, 0) is 10.0 Å². The molecule has 1 aromatic carbocycles. The van der Waals surface area contributed by atoms with Gasteiger partial charge < -0.3 is 9.73 Å². The van der Waals surface area contributed by atoms with Crippen molar-refractivity contribution in [2.45, 2.75) is 4.90 Å². The number of hydrogen-bond donors (Lipinski definition) is 2. The largest absolute Gasteiger partial charge is 0.444 e. The molecule has 1 amide bonds. The van der Waals surface area contributed by atoms with E-state index < -0.39 is 15.9 Å². The molecule has 0 fully saturated rings. The Morgan fingerprint density at radius 1 is 1.16 bits per heavy atom. The second-order valence-corrected chi connectivity index (χ2v) is 5.97.